The first-order chi connectivity index (χ1) is 13.3. The quantitative estimate of drug-likeness (QED) is 0.809. The zero-order valence-corrected chi connectivity index (χ0v) is 17.0. The predicted octanol–water partition coefficient (Wildman–Crippen LogP) is 2.41. The lowest BCUT2D eigenvalue weighted by Crippen LogP contribution is -2.46. The number of nitrogens with zero attached hydrogens (tertiary/aromatic N) is 3. The Kier molecular flexibility index (Phi) is 6.30. The molecule has 0 saturated carbocycles. The molecule has 9 nitrogen and oxygen atoms in total. The van der Waals surface area contributed by atoms with Gasteiger partial charge in [0.1, 0.15) is 11.6 Å². The highest BCUT2D eigenvalue weighted by Gasteiger charge is 2.34. The van der Waals surface area contributed by atoms with Crippen molar-refractivity contribution in [3.8, 4) is 0 Å². The van der Waals surface area contributed by atoms with Crippen molar-refractivity contribution in [3.05, 3.63) is 34.1 Å². The van der Waals surface area contributed by atoms with Gasteiger partial charge in [-0.05, 0) is 32.2 Å². The summed E-state index contributed by atoms with van der Waals surface area (Å²) in [6, 6.07) is 1.29. The maximum absolute atomic E-state index is 12.5. The molecule has 1 unspecified atom stereocenters. The van der Waals surface area contributed by atoms with Crippen LogP contribution in [0.2, 0.25) is 0 Å². The van der Waals surface area contributed by atoms with Gasteiger partial charge in [-0.2, -0.15) is 16.3 Å². The number of hydrogen-bond donors (Lipinski definition) is 1. The topological polar surface area (TPSA) is 107 Å². The lowest BCUT2D eigenvalue weighted by molar-refractivity contribution is -0.0354. The van der Waals surface area contributed by atoms with Crippen LogP contribution in [0.15, 0.2) is 21.3 Å². The summed E-state index contributed by atoms with van der Waals surface area (Å²) < 4.78 is 16.2. The normalized spacial score (nSPS) is 17.4. The number of carbonyl (C=O) groups is 2. The van der Waals surface area contributed by atoms with Crippen LogP contribution >= 0.6 is 11.3 Å². The fourth-order valence-corrected chi connectivity index (χ4v) is 3.28. The molecule has 1 atom stereocenters. The van der Waals surface area contributed by atoms with Crippen LogP contribution in [-0.4, -0.2) is 58.9 Å². The van der Waals surface area contributed by atoms with E-state index < -0.39 is 17.7 Å². The van der Waals surface area contributed by atoms with Crippen molar-refractivity contribution < 1.29 is 23.6 Å². The summed E-state index contributed by atoms with van der Waals surface area (Å²) >= 11 is 1.47. The minimum absolute atomic E-state index is 0.141. The van der Waals surface area contributed by atoms with Crippen LogP contribution in [-0.2, 0) is 15.9 Å². The van der Waals surface area contributed by atoms with Gasteiger partial charge >= 0.3 is 6.09 Å². The maximum atomic E-state index is 12.5. The standard InChI is InChI=1S/C18H24N4O5S/c1-18(2,3)26-17(24)22-7-8-25-10-13(22)15-20-14(27-21-15)4-6-19-16(23)12-5-9-28-11-12/h5,9,11,13H,4,6-8,10H2,1-3H3,(H,19,23). The van der Waals surface area contributed by atoms with Gasteiger partial charge in [0.2, 0.25) is 5.89 Å². The van der Waals surface area contributed by atoms with E-state index in [9.17, 15) is 9.59 Å². The van der Waals surface area contributed by atoms with Crippen molar-refractivity contribution in [2.45, 2.75) is 38.8 Å². The molecule has 152 valence electrons. The Morgan fingerprint density at radius 1 is 1.43 bits per heavy atom. The van der Waals surface area contributed by atoms with Gasteiger partial charge in [-0.15, -0.1) is 0 Å². The Hall–Kier alpha value is -2.46. The van der Waals surface area contributed by atoms with E-state index in [0.717, 1.165) is 0 Å². The molecular weight excluding hydrogens is 384 g/mol. The van der Waals surface area contributed by atoms with Crippen LogP contribution in [0, 0.1) is 0 Å². The smallest absolute Gasteiger partial charge is 0.411 e. The van der Waals surface area contributed by atoms with E-state index in [0.29, 0.717) is 43.4 Å². The Morgan fingerprint density at radius 3 is 2.96 bits per heavy atom. The lowest BCUT2D eigenvalue weighted by Gasteiger charge is -2.34. The predicted molar refractivity (Wildman–Crippen MR) is 101 cm³/mol. The van der Waals surface area contributed by atoms with Crippen molar-refractivity contribution in [1.82, 2.24) is 20.4 Å². The summed E-state index contributed by atoms with van der Waals surface area (Å²) in [6.45, 7) is 6.90. The molecule has 1 aliphatic rings. The number of carbonyl (C=O) groups excluding carboxylic acids is 2. The van der Waals surface area contributed by atoms with Gasteiger partial charge in [0, 0.05) is 30.5 Å². The summed E-state index contributed by atoms with van der Waals surface area (Å²) in [4.78, 5) is 30.3. The average molecular weight is 408 g/mol. The number of hydrogen-bond acceptors (Lipinski definition) is 8. The van der Waals surface area contributed by atoms with E-state index in [-0.39, 0.29) is 12.5 Å². The minimum Gasteiger partial charge on any atom is -0.444 e. The van der Waals surface area contributed by atoms with Gasteiger partial charge in [0.05, 0.1) is 13.2 Å². The molecule has 2 aromatic heterocycles. The SMILES string of the molecule is CC(C)(C)OC(=O)N1CCOCC1c1noc(CCNC(=O)c2ccsc2)n1. The fraction of sp³-hybridized carbons (Fsp3) is 0.556. The third-order valence-corrected chi connectivity index (χ3v) is 4.63. The minimum atomic E-state index is -0.594. The first kappa shape index (κ1) is 20.3. The Labute approximate surface area is 167 Å². The Bertz CT molecular complexity index is 799. The third-order valence-electron chi connectivity index (χ3n) is 3.95. The van der Waals surface area contributed by atoms with Gasteiger partial charge in [0.25, 0.3) is 5.91 Å². The molecule has 0 radical (unpaired) electrons. The monoisotopic (exact) mass is 408 g/mol. The van der Waals surface area contributed by atoms with Crippen LogP contribution in [0.4, 0.5) is 4.79 Å². The zero-order valence-electron chi connectivity index (χ0n) is 16.1. The number of morpholine rings is 1. The highest BCUT2D eigenvalue weighted by atomic mass is 32.1. The van der Waals surface area contributed by atoms with Gasteiger partial charge < -0.3 is 19.3 Å². The summed E-state index contributed by atoms with van der Waals surface area (Å²) in [5, 5.41) is 10.4. The molecule has 10 heteroatoms. The molecule has 1 saturated heterocycles. The van der Waals surface area contributed by atoms with E-state index in [4.69, 9.17) is 14.0 Å². The van der Waals surface area contributed by atoms with Gasteiger partial charge in [-0.3, -0.25) is 9.69 Å². The van der Waals surface area contributed by atoms with Crippen molar-refractivity contribution in [3.63, 3.8) is 0 Å². The van der Waals surface area contributed by atoms with E-state index >= 15 is 0 Å². The molecule has 0 aromatic carbocycles. The highest BCUT2D eigenvalue weighted by molar-refractivity contribution is 7.08. The van der Waals surface area contributed by atoms with E-state index in [1.807, 2.05) is 26.2 Å². The number of thiophene rings is 1. The summed E-state index contributed by atoms with van der Waals surface area (Å²) in [7, 11) is 0. The van der Waals surface area contributed by atoms with Crippen LogP contribution in [0.1, 0.15) is 48.9 Å². The maximum Gasteiger partial charge on any atom is 0.411 e. The van der Waals surface area contributed by atoms with Crippen molar-refractivity contribution in [1.29, 1.82) is 0 Å². The molecule has 1 N–H and O–H groups in total. The average Bonchev–Trinajstić information content (AvgIpc) is 3.32. The molecule has 3 rings (SSSR count). The van der Waals surface area contributed by atoms with Gasteiger partial charge in [0.15, 0.2) is 5.82 Å². The number of ether oxygens (including phenoxy) is 2. The second-order valence-corrected chi connectivity index (χ2v) is 8.11. The molecular formula is C18H24N4O5S. The molecule has 28 heavy (non-hydrogen) atoms. The molecule has 2 aromatic rings. The van der Waals surface area contributed by atoms with E-state index in [2.05, 4.69) is 15.5 Å². The Balaban J connectivity index is 1.58. The molecule has 1 fully saturated rings. The first-order valence-electron chi connectivity index (χ1n) is 9.04. The Morgan fingerprint density at radius 2 is 2.25 bits per heavy atom. The van der Waals surface area contributed by atoms with Crippen molar-refractivity contribution in [2.24, 2.45) is 0 Å². The molecule has 2 amide bonds. The van der Waals surface area contributed by atoms with Gasteiger partial charge in [-0.1, -0.05) is 5.16 Å². The fourth-order valence-electron chi connectivity index (χ4n) is 2.64. The zero-order chi connectivity index (χ0) is 20.1. The van der Waals surface area contributed by atoms with Crippen molar-refractivity contribution >= 4 is 23.3 Å². The number of rotatable bonds is 5. The second kappa shape index (κ2) is 8.70. The largest absolute Gasteiger partial charge is 0.444 e. The van der Waals surface area contributed by atoms with E-state index in [1.165, 1.54) is 11.3 Å². The molecule has 0 aliphatic carbocycles. The molecule has 0 bridgehead atoms. The first-order valence-corrected chi connectivity index (χ1v) is 9.98. The summed E-state index contributed by atoms with van der Waals surface area (Å²) in [6.07, 6.45) is -0.0433. The van der Waals surface area contributed by atoms with Crippen LogP contribution in [0.25, 0.3) is 0 Å². The van der Waals surface area contributed by atoms with E-state index in [1.54, 1.807) is 16.3 Å². The summed E-state index contributed by atoms with van der Waals surface area (Å²) in [5.74, 6) is 0.609. The van der Waals surface area contributed by atoms with Crippen LogP contribution in [0.5, 0.6) is 0 Å². The molecule has 0 spiro atoms. The lowest BCUT2D eigenvalue weighted by atomic mass is 10.2. The molecule has 3 heterocycles. The highest BCUT2D eigenvalue weighted by Crippen LogP contribution is 2.24. The molecule has 1 aliphatic heterocycles. The third kappa shape index (κ3) is 5.29. The second-order valence-electron chi connectivity index (χ2n) is 7.33. The van der Waals surface area contributed by atoms with Gasteiger partial charge in [-0.25, -0.2) is 4.79 Å². The number of amides is 2. The summed E-state index contributed by atoms with van der Waals surface area (Å²) in [5.41, 5.74) is 0.0341. The van der Waals surface area contributed by atoms with Crippen LogP contribution < -0.4 is 5.32 Å². The van der Waals surface area contributed by atoms with Crippen molar-refractivity contribution in [2.75, 3.05) is 26.3 Å². The number of nitrogens with one attached hydrogen (secondary N) is 1. The number of aromatic nitrogens is 2. The van der Waals surface area contributed by atoms with Crippen LogP contribution in [0.3, 0.4) is 0 Å².